The average molecular weight is 686 g/mol. The Labute approximate surface area is 285 Å². The predicted octanol–water partition coefficient (Wildman–Crippen LogP) is 3.07. The number of hydrogen-bond acceptors (Lipinski definition) is 12. The molecule has 0 aliphatic heterocycles. The molecule has 0 spiro atoms. The number of methoxy groups -OCH3 is 9. The number of rotatable bonds is 18. The smallest absolute Gasteiger partial charge is 0.254 e. The first-order valence-electron chi connectivity index (χ1n) is 14.9. The fraction of sp³-hybridized carbons (Fsp3) is 0.382. The number of benzene rings is 3. The van der Waals surface area contributed by atoms with E-state index in [9.17, 15) is 14.4 Å². The minimum atomic E-state index is -0.435. The lowest BCUT2D eigenvalue weighted by Crippen LogP contribution is -2.42. The van der Waals surface area contributed by atoms with Crippen LogP contribution in [0.2, 0.25) is 0 Å². The summed E-state index contributed by atoms with van der Waals surface area (Å²) in [5, 5.41) is 5.64. The third-order valence-corrected chi connectivity index (χ3v) is 7.39. The Morgan fingerprint density at radius 3 is 0.959 bits per heavy atom. The molecule has 49 heavy (non-hydrogen) atoms. The number of nitrogens with one attached hydrogen (secondary N) is 2. The van der Waals surface area contributed by atoms with Crippen molar-refractivity contribution in [2.75, 3.05) is 90.2 Å². The van der Waals surface area contributed by atoms with Gasteiger partial charge in [0.1, 0.15) is 0 Å². The summed E-state index contributed by atoms with van der Waals surface area (Å²) in [5.74, 6) is 1.56. The molecule has 266 valence electrons. The number of nitrogens with zero attached hydrogens (tertiary/aromatic N) is 1. The van der Waals surface area contributed by atoms with Crippen LogP contribution >= 0.6 is 0 Å². The standard InChI is InChI=1S/C34H43N3O12/c1-41-23-14-20(15-24(42-2)29(23)47-7)32(38)35-10-12-37(34(40)22-18-27(45-5)31(49-9)28(19-22)46-6)13-11-36-33(39)21-16-25(43-3)30(48-8)26(17-21)44-4/h14-19H,10-13H2,1-9H3,(H,35,38)(H,36,39). The first kappa shape index (κ1) is 37.7. The maximum Gasteiger partial charge on any atom is 0.254 e. The van der Waals surface area contributed by atoms with Gasteiger partial charge in [0, 0.05) is 42.9 Å². The minimum absolute atomic E-state index is 0.0620. The van der Waals surface area contributed by atoms with Crippen LogP contribution < -0.4 is 53.3 Å². The Morgan fingerprint density at radius 1 is 0.449 bits per heavy atom. The Morgan fingerprint density at radius 2 is 0.714 bits per heavy atom. The van der Waals surface area contributed by atoms with E-state index in [0.717, 1.165) is 0 Å². The molecule has 0 aliphatic rings. The van der Waals surface area contributed by atoms with Crippen LogP contribution in [0.3, 0.4) is 0 Å². The molecule has 3 rings (SSSR count). The quantitative estimate of drug-likeness (QED) is 0.202. The molecule has 0 atom stereocenters. The molecule has 2 N–H and O–H groups in total. The van der Waals surface area contributed by atoms with Crippen LogP contribution in [0, 0.1) is 0 Å². The second kappa shape index (κ2) is 18.0. The normalized spacial score (nSPS) is 10.3. The van der Waals surface area contributed by atoms with Gasteiger partial charge in [-0.2, -0.15) is 0 Å². The summed E-state index contributed by atoms with van der Waals surface area (Å²) >= 11 is 0. The molecule has 0 fully saturated rings. The molecule has 0 saturated carbocycles. The number of carbonyl (C=O) groups excluding carboxylic acids is 3. The molecule has 0 bridgehead atoms. The Kier molecular flexibility index (Phi) is 13.8. The van der Waals surface area contributed by atoms with Crippen molar-refractivity contribution in [1.82, 2.24) is 15.5 Å². The molecule has 0 unspecified atom stereocenters. The first-order valence-corrected chi connectivity index (χ1v) is 14.9. The van der Waals surface area contributed by atoms with E-state index >= 15 is 0 Å². The lowest BCUT2D eigenvalue weighted by molar-refractivity contribution is 0.0742. The van der Waals surface area contributed by atoms with E-state index < -0.39 is 17.7 Å². The second-order valence-corrected chi connectivity index (χ2v) is 10.0. The Bertz CT molecular complexity index is 1470. The van der Waals surface area contributed by atoms with Gasteiger partial charge < -0.3 is 58.2 Å². The lowest BCUT2D eigenvalue weighted by atomic mass is 10.1. The molecule has 0 aromatic heterocycles. The summed E-state index contributed by atoms with van der Waals surface area (Å²) in [6, 6.07) is 9.14. The molecule has 3 aromatic carbocycles. The van der Waals surface area contributed by atoms with Crippen LogP contribution in [-0.4, -0.2) is 113 Å². The molecule has 0 heterocycles. The van der Waals surface area contributed by atoms with E-state index in [2.05, 4.69) is 10.6 Å². The van der Waals surface area contributed by atoms with Gasteiger partial charge in [0.2, 0.25) is 17.2 Å². The highest BCUT2D eigenvalue weighted by molar-refractivity contribution is 5.97. The van der Waals surface area contributed by atoms with Gasteiger partial charge in [0.25, 0.3) is 17.7 Å². The van der Waals surface area contributed by atoms with Crippen molar-refractivity contribution >= 4 is 17.7 Å². The predicted molar refractivity (Wildman–Crippen MR) is 179 cm³/mol. The SMILES string of the molecule is COc1cc(C(=O)NCCN(CCNC(=O)c2cc(OC)c(OC)c(OC)c2)C(=O)c2cc(OC)c(OC)c(OC)c2)cc(OC)c1OC. The van der Waals surface area contributed by atoms with E-state index in [0.29, 0.717) is 40.2 Å². The van der Waals surface area contributed by atoms with Crippen molar-refractivity contribution in [2.24, 2.45) is 0 Å². The maximum absolute atomic E-state index is 13.9. The molecule has 0 radical (unpaired) electrons. The summed E-state index contributed by atoms with van der Waals surface area (Å²) in [6.45, 7) is 0.274. The molecule has 0 aliphatic carbocycles. The zero-order chi connectivity index (χ0) is 36.1. The van der Waals surface area contributed by atoms with Gasteiger partial charge in [-0.3, -0.25) is 14.4 Å². The van der Waals surface area contributed by atoms with Crippen LogP contribution in [0.5, 0.6) is 51.7 Å². The van der Waals surface area contributed by atoms with Gasteiger partial charge in [0.05, 0.1) is 64.0 Å². The highest BCUT2D eigenvalue weighted by Gasteiger charge is 2.23. The first-order chi connectivity index (χ1) is 23.6. The van der Waals surface area contributed by atoms with E-state index in [1.54, 1.807) is 0 Å². The third-order valence-electron chi connectivity index (χ3n) is 7.39. The summed E-state index contributed by atoms with van der Waals surface area (Å²) < 4.78 is 48.4. The van der Waals surface area contributed by atoms with Gasteiger partial charge in [-0.25, -0.2) is 0 Å². The molecule has 0 saturated heterocycles. The van der Waals surface area contributed by atoms with Crippen molar-refractivity contribution in [1.29, 1.82) is 0 Å². The summed E-state index contributed by atoms with van der Waals surface area (Å²) in [6.07, 6.45) is 0. The maximum atomic E-state index is 13.9. The van der Waals surface area contributed by atoms with E-state index in [4.69, 9.17) is 42.6 Å². The Hall–Kier alpha value is -5.73. The highest BCUT2D eigenvalue weighted by atomic mass is 16.5. The van der Waals surface area contributed by atoms with Crippen molar-refractivity contribution in [2.45, 2.75) is 0 Å². The van der Waals surface area contributed by atoms with Gasteiger partial charge in [-0.1, -0.05) is 0 Å². The number of carbonyl (C=O) groups is 3. The third kappa shape index (κ3) is 8.80. The van der Waals surface area contributed by atoms with Gasteiger partial charge in [-0.05, 0) is 36.4 Å². The van der Waals surface area contributed by atoms with Gasteiger partial charge >= 0.3 is 0 Å². The summed E-state index contributed by atoms with van der Waals surface area (Å²) in [4.78, 5) is 41.7. The second-order valence-electron chi connectivity index (χ2n) is 10.0. The number of hydrogen-bond donors (Lipinski definition) is 2. The molecular formula is C34H43N3O12. The molecule has 3 amide bonds. The van der Waals surface area contributed by atoms with E-state index in [1.807, 2.05) is 0 Å². The minimum Gasteiger partial charge on any atom is -0.493 e. The summed E-state index contributed by atoms with van der Waals surface area (Å²) in [5.41, 5.74) is 0.755. The largest absolute Gasteiger partial charge is 0.493 e. The van der Waals surface area contributed by atoms with E-state index in [1.165, 1.54) is 105 Å². The average Bonchev–Trinajstić information content (AvgIpc) is 3.14. The van der Waals surface area contributed by atoms with Crippen molar-refractivity contribution < 1.29 is 57.0 Å². The van der Waals surface area contributed by atoms with Crippen molar-refractivity contribution in [3.8, 4) is 51.7 Å². The van der Waals surface area contributed by atoms with Crippen molar-refractivity contribution in [3.63, 3.8) is 0 Å². The highest BCUT2D eigenvalue weighted by Crippen LogP contribution is 2.40. The molecular weight excluding hydrogens is 642 g/mol. The molecule has 15 nitrogen and oxygen atoms in total. The monoisotopic (exact) mass is 685 g/mol. The zero-order valence-corrected chi connectivity index (χ0v) is 29.1. The topological polar surface area (TPSA) is 162 Å². The van der Waals surface area contributed by atoms with Crippen LogP contribution in [0.15, 0.2) is 36.4 Å². The van der Waals surface area contributed by atoms with Crippen molar-refractivity contribution in [3.05, 3.63) is 53.1 Å². The zero-order valence-electron chi connectivity index (χ0n) is 29.1. The molecule has 15 heteroatoms. The van der Waals surface area contributed by atoms with Gasteiger partial charge in [0.15, 0.2) is 34.5 Å². The summed E-state index contributed by atoms with van der Waals surface area (Å²) in [7, 11) is 13.1. The van der Waals surface area contributed by atoms with Crippen LogP contribution in [-0.2, 0) is 0 Å². The number of amides is 3. The van der Waals surface area contributed by atoms with Gasteiger partial charge in [-0.15, -0.1) is 0 Å². The molecule has 3 aromatic rings. The fourth-order valence-corrected chi connectivity index (χ4v) is 4.94. The lowest BCUT2D eigenvalue weighted by Gasteiger charge is -2.24. The van der Waals surface area contributed by atoms with Crippen LogP contribution in [0.4, 0.5) is 0 Å². The van der Waals surface area contributed by atoms with Crippen LogP contribution in [0.25, 0.3) is 0 Å². The fourth-order valence-electron chi connectivity index (χ4n) is 4.94. The van der Waals surface area contributed by atoms with E-state index in [-0.39, 0.29) is 54.4 Å². The van der Waals surface area contributed by atoms with Crippen LogP contribution in [0.1, 0.15) is 31.1 Å². The Balaban J connectivity index is 1.84. The number of ether oxygens (including phenoxy) is 9.